The second-order valence-corrected chi connectivity index (χ2v) is 13.0. The predicted molar refractivity (Wildman–Crippen MR) is 166 cm³/mol. The van der Waals surface area contributed by atoms with E-state index in [-0.39, 0.29) is 30.5 Å². The summed E-state index contributed by atoms with van der Waals surface area (Å²) in [5, 5.41) is 2.98. The number of ether oxygens (including phenoxy) is 1. The Balaban J connectivity index is 2.07. The number of nitrogens with one attached hydrogen (secondary N) is 1. The summed E-state index contributed by atoms with van der Waals surface area (Å²) in [6.07, 6.45) is 1.32. The maximum atomic E-state index is 14.2. The molecule has 0 fully saturated rings. The van der Waals surface area contributed by atoms with Crippen LogP contribution in [0, 0.1) is 5.92 Å². The van der Waals surface area contributed by atoms with Gasteiger partial charge in [-0.1, -0.05) is 84.4 Å². The average molecular weight is 645 g/mol. The number of amides is 2. The summed E-state index contributed by atoms with van der Waals surface area (Å²) in [4.78, 5) is 29.4. The van der Waals surface area contributed by atoms with Gasteiger partial charge in [0.2, 0.25) is 21.8 Å². The SMILES string of the molecule is CCOc1ccccc1N(CC(=O)N(Cc1cccc(Br)c1)C(Cc1ccccc1)C(=O)NCC(C)C)S(C)(=O)=O. The van der Waals surface area contributed by atoms with E-state index in [1.165, 1.54) is 4.90 Å². The molecule has 3 aromatic carbocycles. The Morgan fingerprint density at radius 2 is 1.61 bits per heavy atom. The molecule has 0 aliphatic heterocycles. The average Bonchev–Trinajstić information content (AvgIpc) is 2.93. The van der Waals surface area contributed by atoms with Crippen LogP contribution < -0.4 is 14.4 Å². The van der Waals surface area contributed by atoms with Gasteiger partial charge in [-0.3, -0.25) is 13.9 Å². The molecule has 3 rings (SSSR count). The Bertz CT molecular complexity index is 1420. The molecule has 10 heteroatoms. The lowest BCUT2D eigenvalue weighted by Gasteiger charge is -2.34. The molecule has 0 spiro atoms. The summed E-state index contributed by atoms with van der Waals surface area (Å²) in [6.45, 7) is 6.17. The molecule has 0 saturated carbocycles. The van der Waals surface area contributed by atoms with E-state index in [9.17, 15) is 18.0 Å². The largest absolute Gasteiger partial charge is 0.492 e. The molecule has 2 amide bonds. The number of benzene rings is 3. The highest BCUT2D eigenvalue weighted by Crippen LogP contribution is 2.30. The Kier molecular flexibility index (Phi) is 11.8. The standard InChI is InChI=1S/C31H38BrN3O5S/c1-5-40-29-17-10-9-16-27(29)35(41(4,38)39)22-30(36)34(21-25-14-11-15-26(32)18-25)28(31(37)33-20-23(2)3)19-24-12-7-6-8-13-24/h6-18,23,28H,5,19-22H2,1-4H3,(H,33,37). The molecule has 0 saturated heterocycles. The molecular formula is C31H38BrN3O5S. The first-order chi connectivity index (χ1) is 19.5. The van der Waals surface area contributed by atoms with Crippen LogP contribution in [-0.2, 0) is 32.6 Å². The fourth-order valence-electron chi connectivity index (χ4n) is 4.34. The minimum Gasteiger partial charge on any atom is -0.492 e. The number of halogens is 1. The minimum atomic E-state index is -3.90. The zero-order valence-electron chi connectivity index (χ0n) is 23.9. The van der Waals surface area contributed by atoms with Gasteiger partial charge in [-0.2, -0.15) is 0 Å². The molecule has 3 aromatic rings. The van der Waals surface area contributed by atoms with Crippen molar-refractivity contribution >= 4 is 43.5 Å². The van der Waals surface area contributed by atoms with Gasteiger partial charge >= 0.3 is 0 Å². The molecule has 0 aliphatic carbocycles. The van der Waals surface area contributed by atoms with Crippen molar-refractivity contribution in [2.75, 3.05) is 30.3 Å². The van der Waals surface area contributed by atoms with Gasteiger partial charge in [0.05, 0.1) is 18.6 Å². The number of para-hydroxylation sites is 2. The van der Waals surface area contributed by atoms with Gasteiger partial charge in [0.15, 0.2) is 0 Å². The van der Waals surface area contributed by atoms with Crippen molar-refractivity contribution in [2.24, 2.45) is 5.92 Å². The highest BCUT2D eigenvalue weighted by Gasteiger charge is 2.33. The van der Waals surface area contributed by atoms with Crippen LogP contribution >= 0.6 is 15.9 Å². The van der Waals surface area contributed by atoms with Crippen molar-refractivity contribution in [1.29, 1.82) is 0 Å². The first kappa shape index (κ1) is 32.1. The second-order valence-electron chi connectivity index (χ2n) is 10.2. The summed E-state index contributed by atoms with van der Waals surface area (Å²) < 4.78 is 33.6. The number of carbonyl (C=O) groups is 2. The van der Waals surface area contributed by atoms with E-state index >= 15 is 0 Å². The van der Waals surface area contributed by atoms with Crippen LogP contribution in [0.2, 0.25) is 0 Å². The number of carbonyl (C=O) groups excluding carboxylic acids is 2. The number of anilines is 1. The molecule has 1 N–H and O–H groups in total. The van der Waals surface area contributed by atoms with E-state index in [0.717, 1.165) is 26.2 Å². The Morgan fingerprint density at radius 1 is 0.951 bits per heavy atom. The molecule has 220 valence electrons. The van der Waals surface area contributed by atoms with E-state index in [1.54, 1.807) is 31.2 Å². The van der Waals surface area contributed by atoms with Crippen LogP contribution in [0.15, 0.2) is 83.3 Å². The topological polar surface area (TPSA) is 96.0 Å². The first-order valence-corrected chi connectivity index (χ1v) is 16.2. The first-order valence-electron chi connectivity index (χ1n) is 13.5. The van der Waals surface area contributed by atoms with E-state index in [0.29, 0.717) is 18.9 Å². The fourth-order valence-corrected chi connectivity index (χ4v) is 5.64. The Morgan fingerprint density at radius 3 is 2.24 bits per heavy atom. The summed E-state index contributed by atoms with van der Waals surface area (Å²) in [5.74, 6) is -0.252. The summed E-state index contributed by atoms with van der Waals surface area (Å²) >= 11 is 3.49. The molecule has 0 aromatic heterocycles. The van der Waals surface area contributed by atoms with E-state index in [2.05, 4.69) is 21.2 Å². The Labute approximate surface area is 251 Å². The third kappa shape index (κ3) is 9.60. The lowest BCUT2D eigenvalue weighted by molar-refractivity contribution is -0.140. The molecule has 0 bridgehead atoms. The zero-order valence-corrected chi connectivity index (χ0v) is 26.3. The van der Waals surface area contributed by atoms with Gasteiger partial charge in [-0.15, -0.1) is 0 Å². The van der Waals surface area contributed by atoms with Gasteiger partial charge in [-0.25, -0.2) is 8.42 Å². The molecule has 0 radical (unpaired) electrons. The van der Waals surface area contributed by atoms with Crippen LogP contribution in [0.1, 0.15) is 31.9 Å². The third-order valence-electron chi connectivity index (χ3n) is 6.31. The van der Waals surface area contributed by atoms with Crippen molar-refractivity contribution in [3.05, 3.63) is 94.5 Å². The molecule has 8 nitrogen and oxygen atoms in total. The number of nitrogens with zero attached hydrogens (tertiary/aromatic N) is 2. The van der Waals surface area contributed by atoms with Crippen LogP contribution in [0.25, 0.3) is 0 Å². The zero-order chi connectivity index (χ0) is 30.0. The maximum absolute atomic E-state index is 14.2. The lowest BCUT2D eigenvalue weighted by Crippen LogP contribution is -2.53. The summed E-state index contributed by atoms with van der Waals surface area (Å²) in [5.41, 5.74) is 1.94. The quantitative estimate of drug-likeness (QED) is 0.266. The smallest absolute Gasteiger partial charge is 0.244 e. The molecule has 1 unspecified atom stereocenters. The highest BCUT2D eigenvalue weighted by molar-refractivity contribution is 9.10. The second kappa shape index (κ2) is 15.0. The van der Waals surface area contributed by atoms with Crippen LogP contribution in [0.5, 0.6) is 5.75 Å². The van der Waals surface area contributed by atoms with Crippen molar-refractivity contribution < 1.29 is 22.7 Å². The van der Waals surface area contributed by atoms with Crippen molar-refractivity contribution in [3.63, 3.8) is 0 Å². The Hall–Kier alpha value is -3.37. The minimum absolute atomic E-state index is 0.107. The maximum Gasteiger partial charge on any atom is 0.244 e. The number of hydrogen-bond acceptors (Lipinski definition) is 5. The predicted octanol–water partition coefficient (Wildman–Crippen LogP) is 5.03. The van der Waals surface area contributed by atoms with Gasteiger partial charge < -0.3 is 15.0 Å². The van der Waals surface area contributed by atoms with Crippen LogP contribution in [-0.4, -0.2) is 57.1 Å². The third-order valence-corrected chi connectivity index (χ3v) is 7.93. The van der Waals surface area contributed by atoms with Crippen molar-refractivity contribution in [1.82, 2.24) is 10.2 Å². The fraction of sp³-hybridized carbons (Fsp3) is 0.355. The van der Waals surface area contributed by atoms with E-state index in [1.807, 2.05) is 68.4 Å². The molecule has 41 heavy (non-hydrogen) atoms. The molecule has 0 heterocycles. The van der Waals surface area contributed by atoms with Crippen molar-refractivity contribution in [2.45, 2.75) is 39.8 Å². The van der Waals surface area contributed by atoms with E-state index < -0.39 is 28.5 Å². The number of sulfonamides is 1. The van der Waals surface area contributed by atoms with Crippen LogP contribution in [0.3, 0.4) is 0 Å². The van der Waals surface area contributed by atoms with Gasteiger partial charge in [0.1, 0.15) is 18.3 Å². The van der Waals surface area contributed by atoms with Gasteiger partial charge in [0.25, 0.3) is 0 Å². The van der Waals surface area contributed by atoms with Gasteiger partial charge in [-0.05, 0) is 48.2 Å². The number of rotatable bonds is 14. The molecule has 1 atom stereocenters. The monoisotopic (exact) mass is 643 g/mol. The van der Waals surface area contributed by atoms with Gasteiger partial charge in [0, 0.05) is 24.0 Å². The lowest BCUT2D eigenvalue weighted by atomic mass is 10.0. The van der Waals surface area contributed by atoms with Crippen molar-refractivity contribution in [3.8, 4) is 5.75 Å². The number of hydrogen-bond donors (Lipinski definition) is 1. The highest BCUT2D eigenvalue weighted by atomic mass is 79.9. The summed E-state index contributed by atoms with van der Waals surface area (Å²) in [6, 6.07) is 22.8. The molecular weight excluding hydrogens is 606 g/mol. The molecule has 0 aliphatic rings. The summed E-state index contributed by atoms with van der Waals surface area (Å²) in [7, 11) is -3.90. The normalized spacial score (nSPS) is 12.0. The van der Waals surface area contributed by atoms with Crippen LogP contribution in [0.4, 0.5) is 5.69 Å². The van der Waals surface area contributed by atoms with E-state index in [4.69, 9.17) is 4.74 Å².